The highest BCUT2D eigenvalue weighted by molar-refractivity contribution is 4.71. The van der Waals surface area contributed by atoms with Crippen LogP contribution in [-0.4, -0.2) is 12.6 Å². The van der Waals surface area contributed by atoms with Gasteiger partial charge in [-0.05, 0) is 31.7 Å². The molecule has 0 rings (SSSR count). The lowest BCUT2D eigenvalue weighted by atomic mass is 9.93. The average Bonchev–Trinajstić information content (AvgIpc) is 2.34. The van der Waals surface area contributed by atoms with Crippen LogP contribution in [-0.2, 0) is 0 Å². The third-order valence-corrected chi connectivity index (χ3v) is 3.80. The van der Waals surface area contributed by atoms with Gasteiger partial charge in [-0.2, -0.15) is 0 Å². The Kier molecular flexibility index (Phi) is 12.4. The maximum atomic E-state index is 3.68. The molecule has 1 N–H and O–H groups in total. The molecule has 0 aliphatic heterocycles. The Labute approximate surface area is 110 Å². The second-order valence-electron chi connectivity index (χ2n) is 5.50. The first-order valence-corrected chi connectivity index (χ1v) is 7.99. The molecule has 1 heteroatoms. The van der Waals surface area contributed by atoms with E-state index in [4.69, 9.17) is 0 Å². The molecular weight excluding hydrogens is 206 g/mol. The Bertz CT molecular complexity index is 144. The average molecular weight is 241 g/mol. The highest BCUT2D eigenvalue weighted by atomic mass is 14.9. The van der Waals surface area contributed by atoms with Crippen molar-refractivity contribution in [1.29, 1.82) is 0 Å². The molecule has 0 aliphatic carbocycles. The lowest BCUT2D eigenvalue weighted by molar-refractivity contribution is 0.338. The fourth-order valence-corrected chi connectivity index (χ4v) is 2.53. The van der Waals surface area contributed by atoms with E-state index in [9.17, 15) is 0 Å². The van der Waals surface area contributed by atoms with Crippen LogP contribution in [0.15, 0.2) is 0 Å². The minimum absolute atomic E-state index is 0.741. The Balaban J connectivity index is 3.50. The fraction of sp³-hybridized carbons (Fsp3) is 1.00. The van der Waals surface area contributed by atoms with Gasteiger partial charge < -0.3 is 5.32 Å². The van der Waals surface area contributed by atoms with Gasteiger partial charge in [-0.15, -0.1) is 0 Å². The van der Waals surface area contributed by atoms with E-state index in [1.165, 1.54) is 64.3 Å². The van der Waals surface area contributed by atoms with Gasteiger partial charge >= 0.3 is 0 Å². The molecule has 0 amide bonds. The van der Waals surface area contributed by atoms with Crippen LogP contribution in [0.3, 0.4) is 0 Å². The van der Waals surface area contributed by atoms with Gasteiger partial charge in [0.05, 0.1) is 0 Å². The van der Waals surface area contributed by atoms with Crippen molar-refractivity contribution in [1.82, 2.24) is 5.32 Å². The van der Waals surface area contributed by atoms with Crippen LogP contribution in [0.4, 0.5) is 0 Å². The zero-order chi connectivity index (χ0) is 12.9. The summed E-state index contributed by atoms with van der Waals surface area (Å²) in [5.41, 5.74) is 0. The molecule has 0 aromatic heterocycles. The first-order chi connectivity index (χ1) is 8.26. The maximum Gasteiger partial charge on any atom is 0.00900 e. The molecule has 104 valence electrons. The van der Waals surface area contributed by atoms with E-state index in [0.717, 1.165) is 12.0 Å². The monoisotopic (exact) mass is 241 g/mol. The Morgan fingerprint density at radius 1 is 0.824 bits per heavy atom. The van der Waals surface area contributed by atoms with Gasteiger partial charge in [-0.1, -0.05) is 66.2 Å². The van der Waals surface area contributed by atoms with E-state index in [2.05, 4.69) is 33.0 Å². The molecule has 0 bridgehead atoms. The van der Waals surface area contributed by atoms with E-state index >= 15 is 0 Å². The number of hydrogen-bond acceptors (Lipinski definition) is 1. The van der Waals surface area contributed by atoms with Crippen LogP contribution >= 0.6 is 0 Å². The molecule has 0 saturated heterocycles. The second kappa shape index (κ2) is 12.4. The quantitative estimate of drug-likeness (QED) is 0.466. The number of nitrogens with one attached hydrogen (secondary N) is 1. The van der Waals surface area contributed by atoms with Crippen LogP contribution < -0.4 is 5.32 Å². The molecule has 0 fully saturated rings. The fourth-order valence-electron chi connectivity index (χ4n) is 2.53. The molecule has 0 aliphatic rings. The standard InChI is InChI=1S/C16H35N/c1-5-8-9-10-11-12-13-15(4)16(7-3)17-14-6-2/h15-17H,5-14H2,1-4H3. The van der Waals surface area contributed by atoms with Crippen molar-refractivity contribution in [3.05, 3.63) is 0 Å². The summed E-state index contributed by atoms with van der Waals surface area (Å²) in [6, 6.07) is 0.741. The molecule has 17 heavy (non-hydrogen) atoms. The van der Waals surface area contributed by atoms with Gasteiger partial charge in [0.25, 0.3) is 0 Å². The Morgan fingerprint density at radius 3 is 2.06 bits per heavy atom. The normalized spacial score (nSPS) is 14.8. The molecular formula is C16H35N. The molecule has 0 aromatic rings. The zero-order valence-corrected chi connectivity index (χ0v) is 12.7. The molecule has 0 radical (unpaired) electrons. The van der Waals surface area contributed by atoms with Crippen LogP contribution in [0.1, 0.15) is 85.5 Å². The van der Waals surface area contributed by atoms with Gasteiger partial charge in [-0.25, -0.2) is 0 Å². The zero-order valence-electron chi connectivity index (χ0n) is 12.7. The summed E-state index contributed by atoms with van der Waals surface area (Å²) in [7, 11) is 0. The van der Waals surface area contributed by atoms with Crippen molar-refractivity contribution in [2.45, 2.75) is 91.5 Å². The molecule has 2 unspecified atom stereocenters. The minimum atomic E-state index is 0.741. The van der Waals surface area contributed by atoms with Crippen molar-refractivity contribution >= 4 is 0 Å². The Morgan fingerprint density at radius 2 is 1.47 bits per heavy atom. The van der Waals surface area contributed by atoms with Gasteiger partial charge in [0.1, 0.15) is 0 Å². The molecule has 0 saturated carbocycles. The van der Waals surface area contributed by atoms with Crippen molar-refractivity contribution in [2.24, 2.45) is 5.92 Å². The number of unbranched alkanes of at least 4 members (excludes halogenated alkanes) is 5. The van der Waals surface area contributed by atoms with Gasteiger partial charge in [0, 0.05) is 6.04 Å². The van der Waals surface area contributed by atoms with Crippen molar-refractivity contribution in [3.8, 4) is 0 Å². The van der Waals surface area contributed by atoms with Crippen LogP contribution in [0.2, 0.25) is 0 Å². The lowest BCUT2D eigenvalue weighted by Crippen LogP contribution is -2.34. The third kappa shape index (κ3) is 9.64. The Hall–Kier alpha value is -0.0400. The van der Waals surface area contributed by atoms with Crippen molar-refractivity contribution in [2.75, 3.05) is 6.54 Å². The third-order valence-electron chi connectivity index (χ3n) is 3.80. The predicted molar refractivity (Wildman–Crippen MR) is 79.5 cm³/mol. The summed E-state index contributed by atoms with van der Waals surface area (Å²) < 4.78 is 0. The maximum absolute atomic E-state index is 3.68. The predicted octanol–water partition coefficient (Wildman–Crippen LogP) is 5.15. The largest absolute Gasteiger partial charge is 0.314 e. The van der Waals surface area contributed by atoms with Gasteiger partial charge in [0.2, 0.25) is 0 Å². The lowest BCUT2D eigenvalue weighted by Gasteiger charge is -2.24. The van der Waals surface area contributed by atoms with E-state index in [1.807, 2.05) is 0 Å². The van der Waals surface area contributed by atoms with Crippen molar-refractivity contribution in [3.63, 3.8) is 0 Å². The number of rotatable bonds is 12. The smallest absolute Gasteiger partial charge is 0.00900 e. The molecule has 2 atom stereocenters. The number of hydrogen-bond donors (Lipinski definition) is 1. The van der Waals surface area contributed by atoms with E-state index in [1.54, 1.807) is 0 Å². The molecule has 0 heterocycles. The van der Waals surface area contributed by atoms with Crippen LogP contribution in [0.5, 0.6) is 0 Å². The summed E-state index contributed by atoms with van der Waals surface area (Å²) in [4.78, 5) is 0. The van der Waals surface area contributed by atoms with Gasteiger partial charge in [0.15, 0.2) is 0 Å². The summed E-state index contributed by atoms with van der Waals surface area (Å²) >= 11 is 0. The van der Waals surface area contributed by atoms with E-state index in [0.29, 0.717) is 0 Å². The SMILES string of the molecule is CCCCCCCCC(C)C(CC)NCCC. The molecule has 0 aromatic carbocycles. The van der Waals surface area contributed by atoms with Crippen LogP contribution in [0, 0.1) is 5.92 Å². The van der Waals surface area contributed by atoms with Crippen LogP contribution in [0.25, 0.3) is 0 Å². The van der Waals surface area contributed by atoms with E-state index < -0.39 is 0 Å². The summed E-state index contributed by atoms with van der Waals surface area (Å²) in [6.07, 6.45) is 12.5. The highest BCUT2D eigenvalue weighted by Gasteiger charge is 2.13. The second-order valence-corrected chi connectivity index (χ2v) is 5.50. The topological polar surface area (TPSA) is 12.0 Å². The molecule has 1 nitrogen and oxygen atoms in total. The van der Waals surface area contributed by atoms with Crippen molar-refractivity contribution < 1.29 is 0 Å². The summed E-state index contributed by atoms with van der Waals surface area (Å²) in [5.74, 6) is 0.845. The first kappa shape index (κ1) is 17.0. The summed E-state index contributed by atoms with van der Waals surface area (Å²) in [5, 5.41) is 3.68. The first-order valence-electron chi connectivity index (χ1n) is 7.99. The highest BCUT2D eigenvalue weighted by Crippen LogP contribution is 2.16. The summed E-state index contributed by atoms with van der Waals surface area (Å²) in [6.45, 7) is 10.4. The van der Waals surface area contributed by atoms with E-state index in [-0.39, 0.29) is 0 Å². The molecule has 0 spiro atoms. The van der Waals surface area contributed by atoms with Gasteiger partial charge in [-0.3, -0.25) is 0 Å². The minimum Gasteiger partial charge on any atom is -0.314 e.